The number of hydrogen-bond donors (Lipinski definition) is 1. The van der Waals surface area contributed by atoms with Gasteiger partial charge in [0.15, 0.2) is 0 Å². The summed E-state index contributed by atoms with van der Waals surface area (Å²) in [6.07, 6.45) is 1.11. The normalized spacial score (nSPS) is 20.9. The molecule has 1 aliphatic carbocycles. The number of nitrogens with two attached hydrogens (primary N) is 1. The van der Waals surface area contributed by atoms with Crippen molar-refractivity contribution in [2.45, 2.75) is 13.3 Å². The van der Waals surface area contributed by atoms with Crippen molar-refractivity contribution in [1.29, 1.82) is 0 Å². The molecular weight excluding hydrogens is 246 g/mol. The lowest BCUT2D eigenvalue weighted by Gasteiger charge is -2.17. The molecule has 0 radical (unpaired) electrons. The quantitative estimate of drug-likeness (QED) is 0.510. The van der Waals surface area contributed by atoms with E-state index < -0.39 is 4.92 Å². The second-order valence-electron chi connectivity index (χ2n) is 5.16. The van der Waals surface area contributed by atoms with Gasteiger partial charge in [-0.2, -0.15) is 0 Å². The minimum absolute atomic E-state index is 0.0176. The van der Waals surface area contributed by atoms with Crippen molar-refractivity contribution in [3.05, 3.63) is 33.9 Å². The number of anilines is 1. The molecule has 0 aromatic heterocycles. The molecule has 0 aliphatic heterocycles. The fourth-order valence-corrected chi connectivity index (χ4v) is 2.23. The number of nitro groups is 1. The molecule has 1 aliphatic rings. The van der Waals surface area contributed by atoms with Gasteiger partial charge in [-0.05, 0) is 30.4 Å². The summed E-state index contributed by atoms with van der Waals surface area (Å²) in [4.78, 5) is 24.2. The number of hydrogen-bond acceptors (Lipinski definition) is 4. The van der Waals surface area contributed by atoms with Crippen molar-refractivity contribution >= 4 is 17.3 Å². The molecule has 1 aromatic carbocycles. The summed E-state index contributed by atoms with van der Waals surface area (Å²) >= 11 is 0. The zero-order valence-corrected chi connectivity index (χ0v) is 11.0. The van der Waals surface area contributed by atoms with Crippen molar-refractivity contribution in [2.24, 2.45) is 11.8 Å². The van der Waals surface area contributed by atoms with Gasteiger partial charge in [0.2, 0.25) is 0 Å². The molecule has 2 N–H and O–H groups in total. The Morgan fingerprint density at radius 1 is 1.58 bits per heavy atom. The fraction of sp³-hybridized carbons (Fsp3) is 0.462. The molecular formula is C13H17N3O3. The number of benzene rings is 1. The van der Waals surface area contributed by atoms with E-state index in [1.807, 2.05) is 0 Å². The highest BCUT2D eigenvalue weighted by molar-refractivity contribution is 6.00. The lowest BCUT2D eigenvalue weighted by atomic mass is 10.1. The third-order valence-corrected chi connectivity index (χ3v) is 3.61. The van der Waals surface area contributed by atoms with E-state index in [2.05, 4.69) is 6.92 Å². The van der Waals surface area contributed by atoms with Crippen LogP contribution in [0.15, 0.2) is 18.2 Å². The SMILES string of the molecule is CC1CC1CN(C)C(=O)c1cccc(N)c1[N+](=O)[O-]. The number of carbonyl (C=O) groups is 1. The Kier molecular flexibility index (Phi) is 3.42. The van der Waals surface area contributed by atoms with Crippen molar-refractivity contribution in [3.63, 3.8) is 0 Å². The van der Waals surface area contributed by atoms with Crippen LogP contribution in [0, 0.1) is 22.0 Å². The largest absolute Gasteiger partial charge is 0.393 e. The van der Waals surface area contributed by atoms with Crippen LogP contribution < -0.4 is 5.73 Å². The Hall–Kier alpha value is -2.11. The predicted octanol–water partition coefficient (Wildman–Crippen LogP) is 1.91. The topological polar surface area (TPSA) is 89.5 Å². The first kappa shape index (κ1) is 13.3. The second kappa shape index (κ2) is 4.87. The number of amides is 1. The van der Waals surface area contributed by atoms with Crippen molar-refractivity contribution in [1.82, 2.24) is 4.90 Å². The number of para-hydroxylation sites is 1. The van der Waals surface area contributed by atoms with E-state index in [0.717, 1.165) is 6.42 Å². The molecule has 1 saturated carbocycles. The third-order valence-electron chi connectivity index (χ3n) is 3.61. The van der Waals surface area contributed by atoms with Crippen LogP contribution in [0.4, 0.5) is 11.4 Å². The van der Waals surface area contributed by atoms with Gasteiger partial charge in [0.1, 0.15) is 11.3 Å². The molecule has 0 saturated heterocycles. The van der Waals surface area contributed by atoms with Gasteiger partial charge in [-0.3, -0.25) is 14.9 Å². The molecule has 0 spiro atoms. The first-order valence-corrected chi connectivity index (χ1v) is 6.20. The van der Waals surface area contributed by atoms with Crippen molar-refractivity contribution in [2.75, 3.05) is 19.3 Å². The maximum absolute atomic E-state index is 12.3. The molecule has 0 bridgehead atoms. The summed E-state index contributed by atoms with van der Waals surface area (Å²) in [6, 6.07) is 4.44. The molecule has 1 fully saturated rings. The highest BCUT2D eigenvalue weighted by atomic mass is 16.6. The van der Waals surface area contributed by atoms with E-state index >= 15 is 0 Å². The Labute approximate surface area is 111 Å². The first-order chi connectivity index (χ1) is 8.91. The van der Waals surface area contributed by atoms with Gasteiger partial charge in [-0.15, -0.1) is 0 Å². The number of nitrogen functional groups attached to an aromatic ring is 1. The van der Waals surface area contributed by atoms with Crippen LogP contribution in [0.3, 0.4) is 0 Å². The lowest BCUT2D eigenvalue weighted by Crippen LogP contribution is -2.29. The van der Waals surface area contributed by atoms with E-state index in [9.17, 15) is 14.9 Å². The van der Waals surface area contributed by atoms with E-state index in [0.29, 0.717) is 18.4 Å². The predicted molar refractivity (Wildman–Crippen MR) is 71.7 cm³/mol. The van der Waals surface area contributed by atoms with E-state index in [4.69, 9.17) is 5.73 Å². The maximum atomic E-state index is 12.3. The molecule has 19 heavy (non-hydrogen) atoms. The Morgan fingerprint density at radius 2 is 2.21 bits per heavy atom. The summed E-state index contributed by atoms with van der Waals surface area (Å²) in [5, 5.41) is 11.0. The average molecular weight is 263 g/mol. The summed E-state index contributed by atoms with van der Waals surface area (Å²) in [5.74, 6) is 0.790. The molecule has 6 nitrogen and oxygen atoms in total. The highest BCUT2D eigenvalue weighted by Gasteiger charge is 2.35. The molecule has 1 amide bonds. The number of nitro benzene ring substituents is 1. The summed E-state index contributed by atoms with van der Waals surface area (Å²) in [5.41, 5.74) is 5.35. The van der Waals surface area contributed by atoms with Gasteiger partial charge >= 0.3 is 5.69 Å². The Bertz CT molecular complexity index is 530. The molecule has 102 valence electrons. The van der Waals surface area contributed by atoms with Crippen molar-refractivity contribution in [3.8, 4) is 0 Å². The fourth-order valence-electron chi connectivity index (χ4n) is 2.23. The maximum Gasteiger partial charge on any atom is 0.304 e. The highest BCUT2D eigenvalue weighted by Crippen LogP contribution is 2.38. The van der Waals surface area contributed by atoms with Gasteiger partial charge < -0.3 is 10.6 Å². The van der Waals surface area contributed by atoms with Crippen LogP contribution in [-0.4, -0.2) is 29.3 Å². The molecule has 1 aromatic rings. The van der Waals surface area contributed by atoms with Crippen LogP contribution in [0.5, 0.6) is 0 Å². The zero-order chi connectivity index (χ0) is 14.2. The first-order valence-electron chi connectivity index (χ1n) is 6.20. The third kappa shape index (κ3) is 2.67. The minimum Gasteiger partial charge on any atom is -0.393 e. The van der Waals surface area contributed by atoms with Crippen LogP contribution in [0.1, 0.15) is 23.7 Å². The zero-order valence-electron chi connectivity index (χ0n) is 11.0. The standard InChI is InChI=1S/C13H17N3O3/c1-8-6-9(8)7-15(2)13(17)10-4-3-5-11(14)12(10)16(18)19/h3-5,8-9H,6-7,14H2,1-2H3. The van der Waals surface area contributed by atoms with Crippen LogP contribution in [-0.2, 0) is 0 Å². The lowest BCUT2D eigenvalue weighted by molar-refractivity contribution is -0.384. The van der Waals surface area contributed by atoms with Crippen molar-refractivity contribution < 1.29 is 9.72 Å². The van der Waals surface area contributed by atoms with E-state index in [-0.39, 0.29) is 22.8 Å². The number of rotatable bonds is 4. The van der Waals surface area contributed by atoms with Gasteiger partial charge in [0, 0.05) is 13.6 Å². The smallest absolute Gasteiger partial charge is 0.304 e. The number of carbonyl (C=O) groups excluding carboxylic acids is 1. The van der Waals surface area contributed by atoms with Crippen LogP contribution in [0.2, 0.25) is 0 Å². The minimum atomic E-state index is -0.601. The van der Waals surface area contributed by atoms with Gasteiger partial charge in [0.25, 0.3) is 5.91 Å². The summed E-state index contributed by atoms with van der Waals surface area (Å²) in [6.45, 7) is 2.76. The molecule has 2 rings (SSSR count). The second-order valence-corrected chi connectivity index (χ2v) is 5.16. The summed E-state index contributed by atoms with van der Waals surface area (Å²) < 4.78 is 0. The van der Waals surface area contributed by atoms with E-state index in [1.54, 1.807) is 13.1 Å². The number of nitrogens with zero attached hydrogens (tertiary/aromatic N) is 2. The average Bonchev–Trinajstić information content (AvgIpc) is 3.02. The Morgan fingerprint density at radius 3 is 2.74 bits per heavy atom. The van der Waals surface area contributed by atoms with Crippen LogP contribution >= 0.6 is 0 Å². The van der Waals surface area contributed by atoms with E-state index in [1.165, 1.54) is 17.0 Å². The molecule has 2 unspecified atom stereocenters. The van der Waals surface area contributed by atoms with Gasteiger partial charge in [-0.25, -0.2) is 0 Å². The summed E-state index contributed by atoms with van der Waals surface area (Å²) in [7, 11) is 1.67. The molecule has 2 atom stereocenters. The Balaban J connectivity index is 2.23. The molecule has 0 heterocycles. The van der Waals surface area contributed by atoms with Gasteiger partial charge in [0.05, 0.1) is 4.92 Å². The van der Waals surface area contributed by atoms with Gasteiger partial charge in [-0.1, -0.05) is 13.0 Å². The monoisotopic (exact) mass is 263 g/mol. The molecule has 6 heteroatoms. The van der Waals surface area contributed by atoms with Crippen LogP contribution in [0.25, 0.3) is 0 Å².